The highest BCUT2D eigenvalue weighted by Gasteiger charge is 2.29. The maximum absolute atomic E-state index is 12.8. The highest BCUT2D eigenvalue weighted by molar-refractivity contribution is 7.99. The van der Waals surface area contributed by atoms with E-state index in [0.29, 0.717) is 22.9 Å². The standard InChI is InChI=1S/C17H23N3O6S/c1-17(2,3)26-16(23)18(6-8-21)11-15(22)19-7-9-27-14-10-12(20(24)25)4-5-13(14)19/h4-5,10,21H,6-9,11H2,1-3H3. The van der Waals surface area contributed by atoms with Gasteiger partial charge in [0.25, 0.3) is 5.69 Å². The van der Waals surface area contributed by atoms with Crippen molar-refractivity contribution in [3.8, 4) is 0 Å². The number of nitrogens with zero attached hydrogens (tertiary/aromatic N) is 3. The number of nitro groups is 1. The summed E-state index contributed by atoms with van der Waals surface area (Å²) in [5.41, 5.74) is -0.178. The molecule has 27 heavy (non-hydrogen) atoms. The molecule has 148 valence electrons. The van der Waals surface area contributed by atoms with Crippen molar-refractivity contribution in [1.82, 2.24) is 4.90 Å². The van der Waals surface area contributed by atoms with E-state index in [0.717, 1.165) is 4.90 Å². The maximum atomic E-state index is 12.8. The molecule has 1 aliphatic rings. The molecule has 0 fully saturated rings. The topological polar surface area (TPSA) is 113 Å². The van der Waals surface area contributed by atoms with E-state index in [4.69, 9.17) is 4.74 Å². The Morgan fingerprint density at radius 1 is 1.41 bits per heavy atom. The highest BCUT2D eigenvalue weighted by atomic mass is 32.2. The first-order valence-corrected chi connectivity index (χ1v) is 9.41. The van der Waals surface area contributed by atoms with E-state index in [1.165, 1.54) is 28.8 Å². The molecule has 10 heteroatoms. The number of anilines is 1. The number of benzene rings is 1. The lowest BCUT2D eigenvalue weighted by atomic mass is 10.2. The summed E-state index contributed by atoms with van der Waals surface area (Å²) >= 11 is 1.44. The van der Waals surface area contributed by atoms with Gasteiger partial charge in [-0.25, -0.2) is 4.79 Å². The molecular formula is C17H23N3O6S. The van der Waals surface area contributed by atoms with Crippen molar-refractivity contribution in [2.45, 2.75) is 31.3 Å². The fourth-order valence-corrected chi connectivity index (χ4v) is 3.54. The van der Waals surface area contributed by atoms with Crippen LogP contribution < -0.4 is 4.90 Å². The molecule has 1 aliphatic heterocycles. The third-order valence-electron chi connectivity index (χ3n) is 3.67. The number of hydrogen-bond donors (Lipinski definition) is 1. The number of nitro benzene ring substituents is 1. The van der Waals surface area contributed by atoms with Crippen LogP contribution >= 0.6 is 11.8 Å². The average molecular weight is 397 g/mol. The molecule has 1 aromatic rings. The first-order chi connectivity index (χ1) is 12.6. The molecule has 0 aliphatic carbocycles. The van der Waals surface area contributed by atoms with E-state index in [2.05, 4.69) is 0 Å². The van der Waals surface area contributed by atoms with E-state index in [9.17, 15) is 24.8 Å². The number of non-ortho nitro benzene ring substituents is 1. The number of carbonyl (C=O) groups is 2. The van der Waals surface area contributed by atoms with Crippen molar-refractivity contribution in [3.63, 3.8) is 0 Å². The fraction of sp³-hybridized carbons (Fsp3) is 0.529. The quantitative estimate of drug-likeness (QED) is 0.599. The Morgan fingerprint density at radius 2 is 2.11 bits per heavy atom. The number of rotatable bonds is 5. The minimum absolute atomic E-state index is 0.0314. The summed E-state index contributed by atoms with van der Waals surface area (Å²) in [4.78, 5) is 38.8. The Hall–Kier alpha value is -2.33. The largest absolute Gasteiger partial charge is 0.444 e. The molecule has 0 saturated carbocycles. The minimum atomic E-state index is -0.721. The molecule has 0 aromatic heterocycles. The molecule has 9 nitrogen and oxygen atoms in total. The van der Waals surface area contributed by atoms with Crippen molar-refractivity contribution >= 4 is 35.1 Å². The second-order valence-corrected chi connectivity index (χ2v) is 8.07. The van der Waals surface area contributed by atoms with Gasteiger partial charge in [0.05, 0.1) is 17.2 Å². The van der Waals surface area contributed by atoms with E-state index >= 15 is 0 Å². The number of fused-ring (bicyclic) bond motifs is 1. The number of hydrogen-bond acceptors (Lipinski definition) is 7. The predicted octanol–water partition coefficient (Wildman–Crippen LogP) is 2.26. The summed E-state index contributed by atoms with van der Waals surface area (Å²) in [5.74, 6) is 0.247. The Balaban J connectivity index is 2.17. The number of amides is 2. The van der Waals surface area contributed by atoms with Crippen LogP contribution in [0.25, 0.3) is 0 Å². The van der Waals surface area contributed by atoms with E-state index in [-0.39, 0.29) is 31.3 Å². The van der Waals surface area contributed by atoms with Gasteiger partial charge >= 0.3 is 6.09 Å². The zero-order chi connectivity index (χ0) is 20.2. The SMILES string of the molecule is CC(C)(C)OC(=O)N(CCO)CC(=O)N1CCSc2cc([N+](=O)[O-])ccc21. The van der Waals surface area contributed by atoms with Crippen LogP contribution in [0.5, 0.6) is 0 Å². The van der Waals surface area contributed by atoms with Gasteiger partial charge in [0.15, 0.2) is 0 Å². The second-order valence-electron chi connectivity index (χ2n) is 6.93. The lowest BCUT2D eigenvalue weighted by Gasteiger charge is -2.32. The number of aliphatic hydroxyl groups is 1. The number of aliphatic hydroxyl groups excluding tert-OH is 1. The van der Waals surface area contributed by atoms with Crippen LogP contribution in [0.3, 0.4) is 0 Å². The van der Waals surface area contributed by atoms with Crippen LogP contribution in [0, 0.1) is 10.1 Å². The molecular weight excluding hydrogens is 374 g/mol. The summed E-state index contributed by atoms with van der Waals surface area (Å²) < 4.78 is 5.28. The molecule has 0 unspecified atom stereocenters. The van der Waals surface area contributed by atoms with Gasteiger partial charge in [-0.2, -0.15) is 0 Å². The number of ether oxygens (including phenoxy) is 1. The molecule has 1 N–H and O–H groups in total. The molecule has 0 spiro atoms. The van der Waals surface area contributed by atoms with Gasteiger partial charge in [-0.1, -0.05) is 0 Å². The second kappa shape index (κ2) is 8.57. The Kier molecular flexibility index (Phi) is 6.66. The molecule has 1 heterocycles. The van der Waals surface area contributed by atoms with Gasteiger partial charge in [-0.3, -0.25) is 19.8 Å². The first-order valence-electron chi connectivity index (χ1n) is 8.43. The zero-order valence-corrected chi connectivity index (χ0v) is 16.3. The minimum Gasteiger partial charge on any atom is -0.444 e. The molecule has 1 aromatic carbocycles. The fourth-order valence-electron chi connectivity index (χ4n) is 2.51. The molecule has 2 rings (SSSR count). The molecule has 0 atom stereocenters. The molecule has 0 bridgehead atoms. The van der Waals surface area contributed by atoms with Gasteiger partial charge in [0.2, 0.25) is 5.91 Å². The van der Waals surface area contributed by atoms with Crippen molar-refractivity contribution in [2.24, 2.45) is 0 Å². The van der Waals surface area contributed by atoms with Crippen molar-refractivity contribution < 1.29 is 24.4 Å². The third-order valence-corrected chi connectivity index (χ3v) is 4.69. The highest BCUT2D eigenvalue weighted by Crippen LogP contribution is 2.37. The summed E-state index contributed by atoms with van der Waals surface area (Å²) in [7, 11) is 0. The van der Waals surface area contributed by atoms with E-state index < -0.39 is 16.6 Å². The molecule has 0 saturated heterocycles. The summed E-state index contributed by atoms with van der Waals surface area (Å²) in [6, 6.07) is 4.34. The van der Waals surface area contributed by atoms with Gasteiger partial charge in [0.1, 0.15) is 12.1 Å². The normalized spacial score (nSPS) is 13.7. The zero-order valence-electron chi connectivity index (χ0n) is 15.5. The van der Waals surface area contributed by atoms with Crippen LogP contribution in [0.15, 0.2) is 23.1 Å². The van der Waals surface area contributed by atoms with Crippen LogP contribution in [0.1, 0.15) is 20.8 Å². The van der Waals surface area contributed by atoms with Crippen LogP contribution in [-0.4, -0.2) is 64.5 Å². The monoisotopic (exact) mass is 397 g/mol. The van der Waals surface area contributed by atoms with Crippen molar-refractivity contribution in [3.05, 3.63) is 28.3 Å². The lowest BCUT2D eigenvalue weighted by Crippen LogP contribution is -2.47. The van der Waals surface area contributed by atoms with Crippen molar-refractivity contribution in [1.29, 1.82) is 0 Å². The van der Waals surface area contributed by atoms with Crippen molar-refractivity contribution in [2.75, 3.05) is 36.9 Å². The summed E-state index contributed by atoms with van der Waals surface area (Å²) in [6.45, 7) is 4.99. The molecule has 0 radical (unpaired) electrons. The van der Waals surface area contributed by atoms with Gasteiger partial charge in [0, 0.05) is 35.9 Å². The lowest BCUT2D eigenvalue weighted by molar-refractivity contribution is -0.385. The van der Waals surface area contributed by atoms with Crippen LogP contribution in [0.4, 0.5) is 16.2 Å². The van der Waals surface area contributed by atoms with Crippen LogP contribution in [0.2, 0.25) is 0 Å². The van der Waals surface area contributed by atoms with Crippen LogP contribution in [-0.2, 0) is 9.53 Å². The van der Waals surface area contributed by atoms with E-state index in [1.807, 2.05) is 0 Å². The van der Waals surface area contributed by atoms with E-state index in [1.54, 1.807) is 26.8 Å². The summed E-state index contributed by atoms with van der Waals surface area (Å²) in [5, 5.41) is 20.1. The van der Waals surface area contributed by atoms with Gasteiger partial charge in [-0.15, -0.1) is 11.8 Å². The first kappa shape index (κ1) is 21.0. The van der Waals surface area contributed by atoms with Gasteiger partial charge < -0.3 is 14.7 Å². The third kappa shape index (κ3) is 5.57. The Bertz CT molecular complexity index is 734. The summed E-state index contributed by atoms with van der Waals surface area (Å²) in [6.07, 6.45) is -0.680. The predicted molar refractivity (Wildman–Crippen MR) is 101 cm³/mol. The Morgan fingerprint density at radius 3 is 2.70 bits per heavy atom. The number of thioether (sulfide) groups is 1. The maximum Gasteiger partial charge on any atom is 0.410 e. The number of carbonyl (C=O) groups excluding carboxylic acids is 2. The van der Waals surface area contributed by atoms with Gasteiger partial charge in [-0.05, 0) is 26.8 Å². The Labute approximate surface area is 161 Å². The molecule has 2 amide bonds. The smallest absolute Gasteiger partial charge is 0.410 e. The average Bonchev–Trinajstić information content (AvgIpc) is 2.58.